The van der Waals surface area contributed by atoms with Gasteiger partial charge in [0, 0.05) is 0 Å². The Hall–Kier alpha value is -1.02. The third-order valence-corrected chi connectivity index (χ3v) is 3.35. The largest absolute Gasteiger partial charge is 0.279 e. The van der Waals surface area contributed by atoms with E-state index >= 15 is 0 Å². The highest BCUT2D eigenvalue weighted by Crippen LogP contribution is 2.47. The molecular weight excluding hydrogens is 186 g/mol. The molecule has 0 aliphatic heterocycles. The fourth-order valence-corrected chi connectivity index (χ4v) is 2.19. The predicted molar refractivity (Wildman–Crippen MR) is 61.0 cm³/mol. The minimum absolute atomic E-state index is 0.779. The van der Waals surface area contributed by atoms with Crippen LogP contribution in [-0.4, -0.2) is 7.11 Å². The van der Waals surface area contributed by atoms with E-state index in [9.17, 15) is 0 Å². The first-order chi connectivity index (χ1) is 7.38. The van der Waals surface area contributed by atoms with Gasteiger partial charge in [-0.2, -0.15) is 0 Å². The molecule has 3 rings (SSSR count). The Morgan fingerprint density at radius 3 is 2.47 bits per heavy atom. The number of benzene rings is 1. The summed E-state index contributed by atoms with van der Waals surface area (Å²) in [5, 5.41) is 0. The lowest BCUT2D eigenvalue weighted by atomic mass is 10.0. The van der Waals surface area contributed by atoms with Crippen molar-refractivity contribution >= 4 is 5.69 Å². The summed E-state index contributed by atoms with van der Waals surface area (Å²) in [6.07, 6.45) is 5.43. The molecule has 2 fully saturated rings. The van der Waals surface area contributed by atoms with E-state index in [1.54, 1.807) is 7.11 Å². The highest BCUT2D eigenvalue weighted by atomic mass is 16.6. The van der Waals surface area contributed by atoms with Crippen LogP contribution in [0.4, 0.5) is 5.69 Å². The molecule has 0 bridgehead atoms. The molecule has 80 valence electrons. The number of hydrogen-bond donors (Lipinski definition) is 1. The Morgan fingerprint density at radius 2 is 1.87 bits per heavy atom. The second kappa shape index (κ2) is 3.53. The molecule has 2 saturated carbocycles. The molecule has 0 atom stereocenters. The van der Waals surface area contributed by atoms with Crippen molar-refractivity contribution in [1.29, 1.82) is 0 Å². The minimum Gasteiger partial charge on any atom is -0.279 e. The summed E-state index contributed by atoms with van der Waals surface area (Å²) >= 11 is 0. The van der Waals surface area contributed by atoms with Crippen LogP contribution in [0.1, 0.15) is 48.6 Å². The maximum Gasteiger partial charge on any atom is 0.0639 e. The first-order valence-corrected chi connectivity index (χ1v) is 5.81. The fourth-order valence-electron chi connectivity index (χ4n) is 2.19. The van der Waals surface area contributed by atoms with Gasteiger partial charge >= 0.3 is 0 Å². The van der Waals surface area contributed by atoms with Crippen LogP contribution in [0.25, 0.3) is 0 Å². The van der Waals surface area contributed by atoms with Gasteiger partial charge in [0.2, 0.25) is 0 Å². The summed E-state index contributed by atoms with van der Waals surface area (Å²) in [4.78, 5) is 5.01. The van der Waals surface area contributed by atoms with Gasteiger partial charge in [0.25, 0.3) is 0 Å². The van der Waals surface area contributed by atoms with Crippen LogP contribution in [0.15, 0.2) is 18.2 Å². The van der Waals surface area contributed by atoms with Gasteiger partial charge in [0.05, 0.1) is 12.8 Å². The third-order valence-electron chi connectivity index (χ3n) is 3.35. The maximum absolute atomic E-state index is 5.01. The Labute approximate surface area is 90.6 Å². The van der Waals surface area contributed by atoms with Crippen LogP contribution in [0.3, 0.4) is 0 Å². The van der Waals surface area contributed by atoms with Gasteiger partial charge in [-0.1, -0.05) is 12.1 Å². The van der Waals surface area contributed by atoms with E-state index in [-0.39, 0.29) is 0 Å². The van der Waals surface area contributed by atoms with Crippen LogP contribution < -0.4 is 5.48 Å². The summed E-state index contributed by atoms with van der Waals surface area (Å²) in [5.74, 6) is 1.63. The van der Waals surface area contributed by atoms with Gasteiger partial charge in [0.15, 0.2) is 0 Å². The molecule has 0 spiro atoms. The van der Waals surface area contributed by atoms with Crippen LogP contribution in [-0.2, 0) is 4.84 Å². The van der Waals surface area contributed by atoms with Crippen LogP contribution >= 0.6 is 0 Å². The number of nitrogens with one attached hydrogen (secondary N) is 1. The van der Waals surface area contributed by atoms with E-state index < -0.39 is 0 Å². The summed E-state index contributed by atoms with van der Waals surface area (Å²) in [6, 6.07) is 6.80. The van der Waals surface area contributed by atoms with Gasteiger partial charge in [-0.05, 0) is 54.7 Å². The smallest absolute Gasteiger partial charge is 0.0639 e. The molecule has 2 heteroatoms. The van der Waals surface area contributed by atoms with Crippen molar-refractivity contribution in [3.8, 4) is 0 Å². The standard InChI is InChI=1S/C13H17NO/c1-15-14-13-7-6-11(9-2-3-9)8-12(13)10-4-5-10/h6-10,14H,2-5H2,1H3. The van der Waals surface area contributed by atoms with Gasteiger partial charge in [-0.3, -0.25) is 10.3 Å². The lowest BCUT2D eigenvalue weighted by Gasteiger charge is -2.11. The van der Waals surface area contributed by atoms with E-state index in [4.69, 9.17) is 4.84 Å². The van der Waals surface area contributed by atoms with Crippen molar-refractivity contribution in [3.63, 3.8) is 0 Å². The van der Waals surface area contributed by atoms with Crippen molar-refractivity contribution in [2.45, 2.75) is 37.5 Å². The minimum atomic E-state index is 0.779. The molecule has 0 radical (unpaired) electrons. The average molecular weight is 203 g/mol. The second-order valence-corrected chi connectivity index (χ2v) is 4.70. The van der Waals surface area contributed by atoms with E-state index in [0.29, 0.717) is 0 Å². The molecule has 0 heterocycles. The molecule has 1 aromatic carbocycles. The third kappa shape index (κ3) is 1.86. The molecule has 0 unspecified atom stereocenters. The molecule has 2 nitrogen and oxygen atoms in total. The average Bonchev–Trinajstić information content (AvgIpc) is 3.12. The van der Waals surface area contributed by atoms with Crippen LogP contribution in [0, 0.1) is 0 Å². The fraction of sp³-hybridized carbons (Fsp3) is 0.538. The Bertz CT molecular complexity index is 367. The molecular formula is C13H17NO. The molecule has 0 saturated heterocycles. The predicted octanol–water partition coefficient (Wildman–Crippen LogP) is 3.41. The number of anilines is 1. The lowest BCUT2D eigenvalue weighted by molar-refractivity contribution is 0.270. The summed E-state index contributed by atoms with van der Waals surface area (Å²) in [7, 11) is 1.67. The van der Waals surface area contributed by atoms with Crippen LogP contribution in [0.2, 0.25) is 0 Å². The first kappa shape index (κ1) is 9.22. The molecule has 2 aliphatic carbocycles. The molecule has 15 heavy (non-hydrogen) atoms. The Morgan fingerprint density at radius 1 is 1.13 bits per heavy atom. The SMILES string of the molecule is CONc1ccc(C2CC2)cc1C1CC1. The lowest BCUT2D eigenvalue weighted by Crippen LogP contribution is -2.00. The molecule has 2 aliphatic rings. The maximum atomic E-state index is 5.01. The van der Waals surface area contributed by atoms with E-state index in [2.05, 4.69) is 23.7 Å². The van der Waals surface area contributed by atoms with Crippen molar-refractivity contribution in [2.75, 3.05) is 12.6 Å². The van der Waals surface area contributed by atoms with Gasteiger partial charge in [-0.15, -0.1) is 0 Å². The van der Waals surface area contributed by atoms with Crippen molar-refractivity contribution in [2.24, 2.45) is 0 Å². The van der Waals surface area contributed by atoms with Crippen molar-refractivity contribution in [3.05, 3.63) is 29.3 Å². The zero-order chi connectivity index (χ0) is 10.3. The van der Waals surface area contributed by atoms with E-state index in [0.717, 1.165) is 17.5 Å². The van der Waals surface area contributed by atoms with Gasteiger partial charge in [-0.25, -0.2) is 0 Å². The second-order valence-electron chi connectivity index (χ2n) is 4.70. The van der Waals surface area contributed by atoms with Gasteiger partial charge in [0.1, 0.15) is 0 Å². The Balaban J connectivity index is 1.92. The summed E-state index contributed by atoms with van der Waals surface area (Å²) in [5.41, 5.74) is 7.13. The highest BCUT2D eigenvalue weighted by Gasteiger charge is 2.29. The van der Waals surface area contributed by atoms with E-state index in [1.165, 1.54) is 36.8 Å². The van der Waals surface area contributed by atoms with Crippen LogP contribution in [0.5, 0.6) is 0 Å². The topological polar surface area (TPSA) is 21.3 Å². The molecule has 0 aromatic heterocycles. The van der Waals surface area contributed by atoms with Crippen molar-refractivity contribution in [1.82, 2.24) is 0 Å². The molecule has 0 amide bonds. The number of hydrogen-bond acceptors (Lipinski definition) is 2. The van der Waals surface area contributed by atoms with Gasteiger partial charge < -0.3 is 0 Å². The van der Waals surface area contributed by atoms with E-state index in [1.807, 2.05) is 0 Å². The quantitative estimate of drug-likeness (QED) is 0.757. The monoisotopic (exact) mass is 203 g/mol. The molecule has 1 aromatic rings. The first-order valence-electron chi connectivity index (χ1n) is 5.81. The normalized spacial score (nSPS) is 20.3. The molecule has 1 N–H and O–H groups in total. The Kier molecular flexibility index (Phi) is 2.17. The summed E-state index contributed by atoms with van der Waals surface area (Å²) < 4.78 is 0. The zero-order valence-corrected chi connectivity index (χ0v) is 9.12. The zero-order valence-electron chi connectivity index (χ0n) is 9.12. The summed E-state index contributed by atoms with van der Waals surface area (Å²) in [6.45, 7) is 0. The number of rotatable bonds is 4. The highest BCUT2D eigenvalue weighted by molar-refractivity contribution is 5.55. The van der Waals surface area contributed by atoms with Crippen molar-refractivity contribution < 1.29 is 4.84 Å².